The van der Waals surface area contributed by atoms with Crippen LogP contribution in [0.3, 0.4) is 0 Å². The third-order valence-electron chi connectivity index (χ3n) is 4.09. The first-order valence-electron chi connectivity index (χ1n) is 6.90. The maximum absolute atomic E-state index is 13.8. The number of nitrogens with one attached hydrogen (secondary N) is 1. The number of rotatable bonds is 4. The monoisotopic (exact) mass is 266 g/mol. The van der Waals surface area contributed by atoms with Crippen LogP contribution in [0, 0.1) is 18.7 Å². The Labute approximate surface area is 114 Å². The van der Waals surface area contributed by atoms with Crippen LogP contribution in [0.1, 0.15) is 30.5 Å². The summed E-state index contributed by atoms with van der Waals surface area (Å²) >= 11 is 0. The van der Waals surface area contributed by atoms with Gasteiger partial charge in [-0.3, -0.25) is 0 Å². The molecule has 2 N–H and O–H groups in total. The molecule has 0 aliphatic carbocycles. The van der Waals surface area contributed by atoms with Crippen LogP contribution in [0.2, 0.25) is 0 Å². The minimum Gasteiger partial charge on any atom is -0.396 e. The van der Waals surface area contributed by atoms with Crippen LogP contribution in [0.5, 0.6) is 0 Å². The van der Waals surface area contributed by atoms with Gasteiger partial charge in [-0.15, -0.1) is 0 Å². The Kier molecular flexibility index (Phi) is 4.42. The topological polar surface area (TPSA) is 35.5 Å². The van der Waals surface area contributed by atoms with E-state index in [0.29, 0.717) is 11.5 Å². The molecule has 0 amide bonds. The molecule has 1 aliphatic rings. The summed E-state index contributed by atoms with van der Waals surface area (Å²) in [5.74, 6) is 0.182. The summed E-state index contributed by atoms with van der Waals surface area (Å²) in [6, 6.07) is 3.68. The van der Waals surface area contributed by atoms with E-state index in [1.807, 2.05) is 20.0 Å². The minimum atomic E-state index is -0.154. The van der Waals surface area contributed by atoms with Gasteiger partial charge in [-0.25, -0.2) is 4.39 Å². The van der Waals surface area contributed by atoms with Crippen LogP contribution >= 0.6 is 0 Å². The highest BCUT2D eigenvalue weighted by molar-refractivity contribution is 5.57. The molecule has 0 aromatic heterocycles. The van der Waals surface area contributed by atoms with E-state index in [1.165, 1.54) is 0 Å². The zero-order chi connectivity index (χ0) is 14.0. The van der Waals surface area contributed by atoms with Crippen molar-refractivity contribution in [2.75, 3.05) is 31.6 Å². The highest BCUT2D eigenvalue weighted by Gasteiger charge is 2.25. The van der Waals surface area contributed by atoms with Crippen LogP contribution in [0.4, 0.5) is 10.1 Å². The molecule has 0 radical (unpaired) electrons. The predicted octanol–water partition coefficient (Wildman–Crippen LogP) is 2.23. The van der Waals surface area contributed by atoms with E-state index in [-0.39, 0.29) is 18.5 Å². The van der Waals surface area contributed by atoms with Crippen LogP contribution in [0.25, 0.3) is 0 Å². The SMILES string of the molecule is CNC(C)c1cc(F)c(C)cc1N1CCC(CO)C1. The van der Waals surface area contributed by atoms with Gasteiger partial charge in [-0.2, -0.15) is 0 Å². The average Bonchev–Trinajstić information content (AvgIpc) is 2.89. The fraction of sp³-hybridized carbons (Fsp3) is 0.600. The standard InChI is InChI=1S/C15H23FN2O/c1-10-6-15(18-5-4-12(8-18)9-19)13(7-14(10)16)11(2)17-3/h6-7,11-12,17,19H,4-5,8-9H2,1-3H3. The molecule has 106 valence electrons. The van der Waals surface area contributed by atoms with Crippen molar-refractivity contribution in [3.05, 3.63) is 29.1 Å². The first-order valence-corrected chi connectivity index (χ1v) is 6.90. The predicted molar refractivity (Wildman–Crippen MR) is 76.0 cm³/mol. The smallest absolute Gasteiger partial charge is 0.126 e. The molecule has 0 bridgehead atoms. The van der Waals surface area contributed by atoms with Crippen molar-refractivity contribution >= 4 is 5.69 Å². The molecule has 2 unspecified atom stereocenters. The molecule has 2 atom stereocenters. The molecular weight excluding hydrogens is 243 g/mol. The number of aryl methyl sites for hydroxylation is 1. The summed E-state index contributed by atoms with van der Waals surface area (Å²) in [4.78, 5) is 2.26. The van der Waals surface area contributed by atoms with Crippen molar-refractivity contribution < 1.29 is 9.50 Å². The Balaban J connectivity index is 2.35. The van der Waals surface area contributed by atoms with Gasteiger partial charge in [0.25, 0.3) is 0 Å². The summed E-state index contributed by atoms with van der Waals surface area (Å²) < 4.78 is 13.8. The third kappa shape index (κ3) is 2.90. The Hall–Kier alpha value is -1.13. The highest BCUT2D eigenvalue weighted by atomic mass is 19.1. The maximum atomic E-state index is 13.8. The first kappa shape index (κ1) is 14.3. The van der Waals surface area contributed by atoms with Crippen LogP contribution < -0.4 is 10.2 Å². The Morgan fingerprint density at radius 3 is 2.84 bits per heavy atom. The van der Waals surface area contributed by atoms with Gasteiger partial charge >= 0.3 is 0 Å². The molecule has 0 saturated carbocycles. The molecule has 0 spiro atoms. The number of anilines is 1. The quantitative estimate of drug-likeness (QED) is 0.877. The van der Waals surface area contributed by atoms with Gasteiger partial charge in [0.2, 0.25) is 0 Å². The lowest BCUT2D eigenvalue weighted by Gasteiger charge is -2.25. The third-order valence-corrected chi connectivity index (χ3v) is 4.09. The zero-order valence-electron chi connectivity index (χ0n) is 11.9. The largest absolute Gasteiger partial charge is 0.396 e. The van der Waals surface area contributed by atoms with E-state index in [9.17, 15) is 9.50 Å². The van der Waals surface area contributed by atoms with Crippen molar-refractivity contribution in [3.8, 4) is 0 Å². The van der Waals surface area contributed by atoms with Crippen LogP contribution in [-0.2, 0) is 0 Å². The summed E-state index contributed by atoms with van der Waals surface area (Å²) in [5, 5.41) is 12.4. The van der Waals surface area contributed by atoms with E-state index in [1.54, 1.807) is 13.0 Å². The van der Waals surface area contributed by atoms with Crippen molar-refractivity contribution in [2.45, 2.75) is 26.3 Å². The number of aliphatic hydroxyl groups is 1. The lowest BCUT2D eigenvalue weighted by molar-refractivity contribution is 0.238. The van der Waals surface area contributed by atoms with E-state index in [2.05, 4.69) is 10.2 Å². The minimum absolute atomic E-state index is 0.110. The fourth-order valence-electron chi connectivity index (χ4n) is 2.66. The van der Waals surface area contributed by atoms with Crippen molar-refractivity contribution in [1.29, 1.82) is 0 Å². The second kappa shape index (κ2) is 5.88. The summed E-state index contributed by atoms with van der Waals surface area (Å²) in [6.45, 7) is 5.85. The molecule has 19 heavy (non-hydrogen) atoms. The number of halogens is 1. The molecule has 2 rings (SSSR count). The Morgan fingerprint density at radius 1 is 1.53 bits per heavy atom. The molecule has 1 aromatic carbocycles. The van der Waals surface area contributed by atoms with Crippen LogP contribution in [0.15, 0.2) is 12.1 Å². The zero-order valence-corrected chi connectivity index (χ0v) is 11.9. The van der Waals surface area contributed by atoms with Gasteiger partial charge in [0.15, 0.2) is 0 Å². The van der Waals surface area contributed by atoms with Gasteiger partial charge in [0.1, 0.15) is 5.82 Å². The first-order chi connectivity index (χ1) is 9.06. The Morgan fingerprint density at radius 2 is 2.26 bits per heavy atom. The number of aliphatic hydroxyl groups excluding tert-OH is 1. The van der Waals surface area contributed by atoms with Crippen molar-refractivity contribution in [1.82, 2.24) is 5.32 Å². The Bertz CT molecular complexity index is 450. The number of nitrogens with zero attached hydrogens (tertiary/aromatic N) is 1. The molecule has 1 heterocycles. The van der Waals surface area contributed by atoms with E-state index >= 15 is 0 Å². The molecule has 1 saturated heterocycles. The van der Waals surface area contributed by atoms with Gasteiger partial charge in [0, 0.05) is 37.3 Å². The van der Waals surface area contributed by atoms with Gasteiger partial charge in [0.05, 0.1) is 0 Å². The molecule has 1 fully saturated rings. The van der Waals surface area contributed by atoms with Crippen molar-refractivity contribution in [2.24, 2.45) is 5.92 Å². The molecule has 1 aliphatic heterocycles. The average molecular weight is 266 g/mol. The lowest BCUT2D eigenvalue weighted by atomic mass is 10.0. The molecule has 3 nitrogen and oxygen atoms in total. The van der Waals surface area contributed by atoms with Gasteiger partial charge in [-0.1, -0.05) is 0 Å². The molecule has 4 heteroatoms. The van der Waals surface area contributed by atoms with E-state index in [4.69, 9.17) is 0 Å². The number of benzene rings is 1. The van der Waals surface area contributed by atoms with Gasteiger partial charge in [-0.05, 0) is 50.6 Å². The molecule has 1 aromatic rings. The number of hydrogen-bond acceptors (Lipinski definition) is 3. The molecular formula is C15H23FN2O. The fourth-order valence-corrected chi connectivity index (χ4v) is 2.66. The lowest BCUT2D eigenvalue weighted by Crippen LogP contribution is -2.24. The second-order valence-corrected chi connectivity index (χ2v) is 5.45. The van der Waals surface area contributed by atoms with Gasteiger partial charge < -0.3 is 15.3 Å². The van der Waals surface area contributed by atoms with E-state index in [0.717, 1.165) is 30.8 Å². The van der Waals surface area contributed by atoms with Crippen LogP contribution in [-0.4, -0.2) is 31.9 Å². The van der Waals surface area contributed by atoms with E-state index < -0.39 is 0 Å². The second-order valence-electron chi connectivity index (χ2n) is 5.45. The highest BCUT2D eigenvalue weighted by Crippen LogP contribution is 2.32. The van der Waals surface area contributed by atoms with Crippen molar-refractivity contribution in [3.63, 3.8) is 0 Å². The normalized spacial score (nSPS) is 20.9. The summed E-state index contributed by atoms with van der Waals surface area (Å²) in [5.41, 5.74) is 2.76. The summed E-state index contributed by atoms with van der Waals surface area (Å²) in [7, 11) is 1.88. The number of hydrogen-bond donors (Lipinski definition) is 2. The maximum Gasteiger partial charge on any atom is 0.126 e. The summed E-state index contributed by atoms with van der Waals surface area (Å²) in [6.07, 6.45) is 1.00.